The Morgan fingerprint density at radius 1 is 1.10 bits per heavy atom. The Bertz CT molecular complexity index is 564. The normalized spacial score (nSPS) is 9.95. The van der Waals surface area contributed by atoms with E-state index < -0.39 is 30.0 Å². The van der Waals surface area contributed by atoms with Crippen LogP contribution in [0.15, 0.2) is 24.3 Å². The first-order valence-electron chi connectivity index (χ1n) is 5.78. The summed E-state index contributed by atoms with van der Waals surface area (Å²) in [5.41, 5.74) is 0.660. The van der Waals surface area contributed by atoms with Gasteiger partial charge in [0, 0.05) is 0 Å². The van der Waals surface area contributed by atoms with Gasteiger partial charge in [-0.1, -0.05) is 12.1 Å². The molecule has 0 heterocycles. The van der Waals surface area contributed by atoms with Crippen molar-refractivity contribution in [1.82, 2.24) is 5.06 Å². The number of hydroxylamine groups is 2. The molecule has 0 unspecified atom stereocenters. The summed E-state index contributed by atoms with van der Waals surface area (Å²) < 4.78 is 0. The van der Waals surface area contributed by atoms with Crippen molar-refractivity contribution < 1.29 is 34.2 Å². The van der Waals surface area contributed by atoms with E-state index in [0.717, 1.165) is 5.06 Å². The van der Waals surface area contributed by atoms with E-state index >= 15 is 0 Å². The van der Waals surface area contributed by atoms with E-state index in [2.05, 4.69) is 0 Å². The fourth-order valence-electron chi connectivity index (χ4n) is 1.47. The molecule has 2 N–H and O–H groups in total. The number of Topliss-reactive ketones (excluding diaryl/α,β-unsaturated/α-hetero) is 1. The summed E-state index contributed by atoms with van der Waals surface area (Å²) in [7, 11) is 1.20. The van der Waals surface area contributed by atoms with Crippen LogP contribution in [0, 0.1) is 0 Å². The van der Waals surface area contributed by atoms with Crippen LogP contribution in [0.25, 0.3) is 0 Å². The van der Waals surface area contributed by atoms with Crippen molar-refractivity contribution in [2.75, 3.05) is 7.11 Å². The Morgan fingerprint density at radius 2 is 1.67 bits per heavy atom. The highest BCUT2D eigenvalue weighted by atomic mass is 16.7. The first-order valence-corrected chi connectivity index (χ1v) is 5.78. The molecule has 1 aromatic rings. The van der Waals surface area contributed by atoms with E-state index in [1.807, 2.05) is 0 Å². The van der Waals surface area contributed by atoms with Gasteiger partial charge in [-0.2, -0.15) is 0 Å². The number of nitrogens with zero attached hydrogens (tertiary/aromatic N) is 1. The third kappa shape index (κ3) is 4.69. The monoisotopic (exact) mass is 295 g/mol. The van der Waals surface area contributed by atoms with Gasteiger partial charge in [0.25, 0.3) is 5.91 Å². The SMILES string of the molecule is CON(Cc1ccc(C(=O)O)cc1)C(=O)CC(=O)C(=O)O. The third-order valence-corrected chi connectivity index (χ3v) is 2.58. The number of hydrogen-bond donors (Lipinski definition) is 2. The van der Waals surface area contributed by atoms with Gasteiger partial charge in [-0.3, -0.25) is 14.4 Å². The number of aromatic carboxylic acids is 1. The minimum Gasteiger partial charge on any atom is -0.478 e. The lowest BCUT2D eigenvalue weighted by Crippen LogP contribution is -2.32. The number of carbonyl (C=O) groups is 4. The van der Waals surface area contributed by atoms with Crippen molar-refractivity contribution in [1.29, 1.82) is 0 Å². The van der Waals surface area contributed by atoms with Gasteiger partial charge in [0.2, 0.25) is 5.78 Å². The summed E-state index contributed by atoms with van der Waals surface area (Å²) >= 11 is 0. The molecule has 0 aromatic heterocycles. The molecule has 0 saturated heterocycles. The number of carboxylic acids is 2. The zero-order chi connectivity index (χ0) is 16.0. The summed E-state index contributed by atoms with van der Waals surface area (Å²) in [4.78, 5) is 48.6. The lowest BCUT2D eigenvalue weighted by atomic mass is 10.1. The number of carbonyl (C=O) groups excluding carboxylic acids is 2. The molecule has 0 aliphatic heterocycles. The molecule has 21 heavy (non-hydrogen) atoms. The second-order valence-electron chi connectivity index (χ2n) is 4.02. The van der Waals surface area contributed by atoms with Crippen LogP contribution in [0.1, 0.15) is 22.3 Å². The maximum Gasteiger partial charge on any atom is 0.372 e. The summed E-state index contributed by atoms with van der Waals surface area (Å²) in [6, 6.07) is 5.69. The number of amides is 1. The molecule has 8 heteroatoms. The van der Waals surface area contributed by atoms with E-state index in [1.165, 1.54) is 31.4 Å². The third-order valence-electron chi connectivity index (χ3n) is 2.58. The Labute approximate surface area is 119 Å². The highest BCUT2D eigenvalue weighted by Crippen LogP contribution is 2.09. The Hall–Kier alpha value is -2.74. The van der Waals surface area contributed by atoms with Gasteiger partial charge in [0.1, 0.15) is 0 Å². The second-order valence-corrected chi connectivity index (χ2v) is 4.02. The zero-order valence-electron chi connectivity index (χ0n) is 11.1. The van der Waals surface area contributed by atoms with E-state index in [0.29, 0.717) is 5.56 Å². The van der Waals surface area contributed by atoms with Crippen LogP contribution in [0.5, 0.6) is 0 Å². The van der Waals surface area contributed by atoms with Gasteiger partial charge >= 0.3 is 11.9 Å². The van der Waals surface area contributed by atoms with Crippen molar-refractivity contribution in [2.45, 2.75) is 13.0 Å². The molecule has 1 aromatic carbocycles. The van der Waals surface area contributed by atoms with Crippen molar-refractivity contribution in [3.63, 3.8) is 0 Å². The lowest BCUT2D eigenvalue weighted by Gasteiger charge is -2.19. The molecule has 0 radical (unpaired) electrons. The number of aliphatic carboxylic acids is 1. The quantitative estimate of drug-likeness (QED) is 0.422. The number of benzene rings is 1. The summed E-state index contributed by atoms with van der Waals surface area (Å²) in [6.45, 7) is -0.0396. The predicted molar refractivity (Wildman–Crippen MR) is 68.2 cm³/mol. The Balaban J connectivity index is 2.73. The maximum absolute atomic E-state index is 11.7. The first-order chi connectivity index (χ1) is 9.85. The van der Waals surface area contributed by atoms with Crippen LogP contribution < -0.4 is 0 Å². The van der Waals surface area contributed by atoms with Crippen LogP contribution in [0.4, 0.5) is 0 Å². The highest BCUT2D eigenvalue weighted by molar-refractivity contribution is 6.36. The fourth-order valence-corrected chi connectivity index (χ4v) is 1.47. The average molecular weight is 295 g/mol. The Morgan fingerprint density at radius 3 is 2.10 bits per heavy atom. The molecule has 1 amide bonds. The van der Waals surface area contributed by atoms with Crippen LogP contribution >= 0.6 is 0 Å². The van der Waals surface area contributed by atoms with Crippen molar-refractivity contribution in [3.05, 3.63) is 35.4 Å². The molecule has 8 nitrogen and oxygen atoms in total. The molecule has 0 atom stereocenters. The fraction of sp³-hybridized carbons (Fsp3) is 0.231. The van der Waals surface area contributed by atoms with Gasteiger partial charge in [0.05, 0.1) is 25.6 Å². The molecular formula is C13H13NO7. The highest BCUT2D eigenvalue weighted by Gasteiger charge is 2.21. The number of carboxylic acid groups (broad SMARTS) is 2. The minimum absolute atomic E-state index is 0.0396. The molecule has 0 aliphatic rings. The van der Waals surface area contributed by atoms with E-state index in [-0.39, 0.29) is 12.1 Å². The molecule has 112 valence electrons. The maximum atomic E-state index is 11.7. The van der Waals surface area contributed by atoms with Crippen LogP contribution in [-0.2, 0) is 25.8 Å². The molecule has 0 spiro atoms. The minimum atomic E-state index is -1.69. The second kappa shape index (κ2) is 7.15. The molecule has 1 rings (SSSR count). The molecule has 0 aliphatic carbocycles. The standard InChI is InChI=1S/C13H13NO7/c1-21-14(11(16)6-10(15)13(19)20)7-8-2-4-9(5-3-8)12(17)18/h2-5H,6-7H2,1H3,(H,17,18)(H,19,20). The van der Waals surface area contributed by atoms with Crippen LogP contribution in [-0.4, -0.2) is 46.0 Å². The summed E-state index contributed by atoms with van der Waals surface area (Å²) in [5, 5.41) is 18.0. The topological polar surface area (TPSA) is 121 Å². The lowest BCUT2D eigenvalue weighted by molar-refractivity contribution is -0.180. The summed E-state index contributed by atoms with van der Waals surface area (Å²) in [5.74, 6) is -4.80. The average Bonchev–Trinajstić information content (AvgIpc) is 2.44. The van der Waals surface area contributed by atoms with Crippen LogP contribution in [0.3, 0.4) is 0 Å². The molecule has 0 saturated carbocycles. The smallest absolute Gasteiger partial charge is 0.372 e. The van der Waals surface area contributed by atoms with Gasteiger partial charge in [-0.25, -0.2) is 14.7 Å². The number of ketones is 1. The zero-order valence-corrected chi connectivity index (χ0v) is 11.1. The van der Waals surface area contributed by atoms with Gasteiger partial charge in [-0.05, 0) is 17.7 Å². The van der Waals surface area contributed by atoms with E-state index in [9.17, 15) is 19.2 Å². The van der Waals surface area contributed by atoms with E-state index in [1.54, 1.807) is 0 Å². The van der Waals surface area contributed by atoms with Crippen LogP contribution in [0.2, 0.25) is 0 Å². The van der Waals surface area contributed by atoms with Gasteiger partial charge in [-0.15, -0.1) is 0 Å². The summed E-state index contributed by atoms with van der Waals surface area (Å²) in [6.07, 6.45) is -0.809. The van der Waals surface area contributed by atoms with Crippen molar-refractivity contribution >= 4 is 23.6 Å². The molecule has 0 fully saturated rings. The first kappa shape index (κ1) is 16.3. The van der Waals surface area contributed by atoms with Crippen molar-refractivity contribution in [2.24, 2.45) is 0 Å². The van der Waals surface area contributed by atoms with E-state index in [4.69, 9.17) is 15.1 Å². The van der Waals surface area contributed by atoms with Gasteiger partial charge in [0.15, 0.2) is 0 Å². The Kier molecular flexibility index (Phi) is 5.56. The largest absolute Gasteiger partial charge is 0.478 e. The molecular weight excluding hydrogens is 282 g/mol. The van der Waals surface area contributed by atoms with Gasteiger partial charge < -0.3 is 10.2 Å². The predicted octanol–water partition coefficient (Wildman–Crippen LogP) is 0.319. The molecule has 0 bridgehead atoms. The number of hydrogen-bond acceptors (Lipinski definition) is 5. The van der Waals surface area contributed by atoms with Crippen molar-refractivity contribution in [3.8, 4) is 0 Å². The number of rotatable bonds is 7.